The van der Waals surface area contributed by atoms with Crippen molar-refractivity contribution in [2.24, 2.45) is 0 Å². The van der Waals surface area contributed by atoms with E-state index in [1.54, 1.807) is 12.4 Å². The SMILES string of the molecule is CC.CC.CS(=O)(=O)N1CCCC1.c1ccncc1. The van der Waals surface area contributed by atoms with Crippen LogP contribution < -0.4 is 0 Å². The molecule has 0 atom stereocenters. The maximum atomic E-state index is 10.8. The van der Waals surface area contributed by atoms with Crippen molar-refractivity contribution >= 4 is 10.0 Å². The maximum Gasteiger partial charge on any atom is 0.211 e. The number of hydrogen-bond acceptors (Lipinski definition) is 3. The zero-order valence-corrected chi connectivity index (χ0v) is 13.7. The van der Waals surface area contributed by atoms with Crippen LogP contribution in [0.1, 0.15) is 40.5 Å². The number of hydrogen-bond donors (Lipinski definition) is 0. The Kier molecular flexibility index (Phi) is 14.5. The lowest BCUT2D eigenvalue weighted by atomic mass is 10.4. The van der Waals surface area contributed by atoms with Gasteiger partial charge < -0.3 is 0 Å². The van der Waals surface area contributed by atoms with Crippen LogP contribution in [0.3, 0.4) is 0 Å². The summed E-state index contributed by atoms with van der Waals surface area (Å²) in [5.74, 6) is 0. The van der Waals surface area contributed by atoms with Gasteiger partial charge in [-0.3, -0.25) is 4.98 Å². The van der Waals surface area contributed by atoms with E-state index in [1.165, 1.54) is 10.6 Å². The average Bonchev–Trinajstić information content (AvgIpc) is 3.00. The van der Waals surface area contributed by atoms with Crippen LogP contribution in [0.25, 0.3) is 0 Å². The van der Waals surface area contributed by atoms with Crippen LogP contribution >= 0.6 is 0 Å². The quantitative estimate of drug-likeness (QED) is 0.797. The third-order valence-electron chi connectivity index (χ3n) is 2.10. The monoisotopic (exact) mass is 288 g/mol. The van der Waals surface area contributed by atoms with Crippen molar-refractivity contribution in [3.63, 3.8) is 0 Å². The Morgan fingerprint density at radius 2 is 1.32 bits per heavy atom. The summed E-state index contributed by atoms with van der Waals surface area (Å²) in [6.45, 7) is 9.44. The third kappa shape index (κ3) is 11.9. The van der Waals surface area contributed by atoms with E-state index in [0.717, 1.165) is 25.9 Å². The van der Waals surface area contributed by atoms with Gasteiger partial charge in [0.05, 0.1) is 6.26 Å². The zero-order chi connectivity index (χ0) is 15.1. The van der Waals surface area contributed by atoms with Crippen LogP contribution in [-0.4, -0.2) is 37.1 Å². The van der Waals surface area contributed by atoms with E-state index in [9.17, 15) is 8.42 Å². The molecule has 2 heterocycles. The van der Waals surface area contributed by atoms with Gasteiger partial charge in [0, 0.05) is 25.5 Å². The molecule has 0 aliphatic carbocycles. The highest BCUT2D eigenvalue weighted by Crippen LogP contribution is 2.10. The van der Waals surface area contributed by atoms with Crippen molar-refractivity contribution in [1.29, 1.82) is 0 Å². The molecule has 2 rings (SSSR count). The number of sulfonamides is 1. The Hall–Kier alpha value is -0.940. The van der Waals surface area contributed by atoms with Crippen LogP contribution in [0.4, 0.5) is 0 Å². The van der Waals surface area contributed by atoms with Crippen molar-refractivity contribution in [3.05, 3.63) is 30.6 Å². The summed E-state index contributed by atoms with van der Waals surface area (Å²) >= 11 is 0. The molecule has 1 aliphatic heterocycles. The van der Waals surface area contributed by atoms with Gasteiger partial charge >= 0.3 is 0 Å². The van der Waals surface area contributed by atoms with Crippen LogP contribution in [0.15, 0.2) is 30.6 Å². The molecule has 0 radical (unpaired) electrons. The van der Waals surface area contributed by atoms with E-state index in [4.69, 9.17) is 0 Å². The lowest BCUT2D eigenvalue weighted by molar-refractivity contribution is 0.483. The van der Waals surface area contributed by atoms with Crippen LogP contribution in [0.2, 0.25) is 0 Å². The molecule has 112 valence electrons. The second-order valence-electron chi connectivity index (χ2n) is 3.39. The van der Waals surface area contributed by atoms with Crippen molar-refractivity contribution in [2.45, 2.75) is 40.5 Å². The fraction of sp³-hybridized carbons (Fsp3) is 0.643. The maximum absolute atomic E-state index is 10.8. The molecule has 0 N–H and O–H groups in total. The van der Waals surface area contributed by atoms with Crippen LogP contribution in [0.5, 0.6) is 0 Å². The minimum absolute atomic E-state index is 0.721. The van der Waals surface area contributed by atoms with Gasteiger partial charge in [-0.05, 0) is 25.0 Å². The molecule has 0 bridgehead atoms. The number of rotatable bonds is 1. The molecule has 0 amide bonds. The first-order chi connectivity index (χ1) is 9.11. The molecular weight excluding hydrogens is 260 g/mol. The van der Waals surface area contributed by atoms with Crippen molar-refractivity contribution in [2.75, 3.05) is 19.3 Å². The van der Waals surface area contributed by atoms with Gasteiger partial charge in [0.25, 0.3) is 0 Å². The largest absolute Gasteiger partial charge is 0.265 e. The number of aromatic nitrogens is 1. The summed E-state index contributed by atoms with van der Waals surface area (Å²) in [6.07, 6.45) is 6.80. The smallest absolute Gasteiger partial charge is 0.211 e. The highest BCUT2D eigenvalue weighted by molar-refractivity contribution is 7.88. The lowest BCUT2D eigenvalue weighted by Gasteiger charge is -2.09. The molecule has 5 heteroatoms. The van der Waals surface area contributed by atoms with Gasteiger partial charge in [-0.25, -0.2) is 12.7 Å². The molecule has 1 saturated heterocycles. The molecular formula is C14H28N2O2S. The Balaban J connectivity index is 0. The molecule has 0 unspecified atom stereocenters. The average molecular weight is 288 g/mol. The van der Waals surface area contributed by atoms with Crippen molar-refractivity contribution < 1.29 is 8.42 Å². The van der Waals surface area contributed by atoms with Gasteiger partial charge in [0.1, 0.15) is 0 Å². The standard InChI is InChI=1S/C5H11NO2S.C5H5N.2C2H6/c1-9(7,8)6-4-2-3-5-6;1-2-4-6-5-3-1;2*1-2/h2-5H2,1H3;1-5H;2*1-2H3. The predicted molar refractivity (Wildman–Crippen MR) is 82.6 cm³/mol. The Morgan fingerprint density at radius 3 is 1.47 bits per heavy atom. The minimum Gasteiger partial charge on any atom is -0.265 e. The van der Waals surface area contributed by atoms with E-state index in [1.807, 2.05) is 45.9 Å². The van der Waals surface area contributed by atoms with Crippen molar-refractivity contribution in [1.82, 2.24) is 9.29 Å². The highest BCUT2D eigenvalue weighted by atomic mass is 32.2. The van der Waals surface area contributed by atoms with Gasteiger partial charge in [0.15, 0.2) is 0 Å². The molecule has 0 saturated carbocycles. The topological polar surface area (TPSA) is 50.3 Å². The van der Waals surface area contributed by atoms with Gasteiger partial charge in [-0.15, -0.1) is 0 Å². The lowest BCUT2D eigenvalue weighted by Crippen LogP contribution is -2.26. The normalized spacial score (nSPS) is 13.9. The highest BCUT2D eigenvalue weighted by Gasteiger charge is 2.19. The molecule has 1 aromatic rings. The first-order valence-corrected chi connectivity index (χ1v) is 8.75. The molecule has 4 nitrogen and oxygen atoms in total. The first-order valence-electron chi connectivity index (χ1n) is 6.91. The van der Waals surface area contributed by atoms with E-state index < -0.39 is 10.0 Å². The number of pyridine rings is 1. The molecule has 1 aromatic heterocycles. The molecule has 1 aliphatic rings. The summed E-state index contributed by atoms with van der Waals surface area (Å²) in [7, 11) is -2.87. The van der Waals surface area contributed by atoms with E-state index in [0.29, 0.717) is 0 Å². The summed E-state index contributed by atoms with van der Waals surface area (Å²) in [5, 5.41) is 0. The summed E-state index contributed by atoms with van der Waals surface area (Å²) < 4.78 is 23.0. The molecule has 0 aromatic carbocycles. The third-order valence-corrected chi connectivity index (χ3v) is 3.40. The molecule has 19 heavy (non-hydrogen) atoms. The van der Waals surface area contributed by atoms with E-state index in [-0.39, 0.29) is 0 Å². The van der Waals surface area contributed by atoms with Crippen LogP contribution in [0, 0.1) is 0 Å². The Morgan fingerprint density at radius 1 is 0.895 bits per heavy atom. The van der Waals surface area contributed by atoms with E-state index >= 15 is 0 Å². The Labute approximate surface area is 118 Å². The fourth-order valence-corrected chi connectivity index (χ4v) is 2.25. The summed E-state index contributed by atoms with van der Waals surface area (Å²) in [6, 6.07) is 5.72. The van der Waals surface area contributed by atoms with E-state index in [2.05, 4.69) is 4.98 Å². The summed E-state index contributed by atoms with van der Waals surface area (Å²) in [5.41, 5.74) is 0. The minimum atomic E-state index is -2.87. The fourth-order valence-electron chi connectivity index (χ4n) is 1.33. The second kappa shape index (κ2) is 13.5. The van der Waals surface area contributed by atoms with Gasteiger partial charge in [0.2, 0.25) is 10.0 Å². The van der Waals surface area contributed by atoms with Gasteiger partial charge in [-0.1, -0.05) is 33.8 Å². The Bertz CT molecular complexity index is 334. The summed E-state index contributed by atoms with van der Waals surface area (Å²) in [4.78, 5) is 3.78. The number of nitrogens with zero attached hydrogens (tertiary/aromatic N) is 2. The second-order valence-corrected chi connectivity index (χ2v) is 5.38. The molecule has 1 fully saturated rings. The first kappa shape index (κ1) is 20.4. The van der Waals surface area contributed by atoms with Gasteiger partial charge in [-0.2, -0.15) is 0 Å². The van der Waals surface area contributed by atoms with Crippen LogP contribution in [-0.2, 0) is 10.0 Å². The molecule has 0 spiro atoms. The zero-order valence-electron chi connectivity index (χ0n) is 12.8. The predicted octanol–water partition coefficient (Wildman–Crippen LogP) is 3.18. The van der Waals surface area contributed by atoms with Crippen molar-refractivity contribution in [3.8, 4) is 0 Å².